The fourth-order valence-corrected chi connectivity index (χ4v) is 1.84. The Kier molecular flexibility index (Phi) is 14.4. The molecule has 0 fully saturated rings. The standard InChI is InChI=1S/C16H28O/c1-2-3-4-5-6-7-8-9-10-11-12-13-14-15-16-17/h3-4,14-16H,2,5-13H2,1H3. The van der Waals surface area contributed by atoms with Crippen molar-refractivity contribution in [1.82, 2.24) is 0 Å². The Labute approximate surface area is 107 Å². The first-order valence-corrected chi connectivity index (χ1v) is 7.17. The van der Waals surface area contributed by atoms with E-state index in [1.54, 1.807) is 6.08 Å². The van der Waals surface area contributed by atoms with Crippen molar-refractivity contribution in [3.05, 3.63) is 24.3 Å². The van der Waals surface area contributed by atoms with E-state index in [1.807, 2.05) is 6.08 Å². The van der Waals surface area contributed by atoms with E-state index in [1.165, 1.54) is 57.8 Å². The van der Waals surface area contributed by atoms with Crippen LogP contribution in [0.15, 0.2) is 24.3 Å². The van der Waals surface area contributed by atoms with Gasteiger partial charge in [0.1, 0.15) is 6.29 Å². The summed E-state index contributed by atoms with van der Waals surface area (Å²) in [6.45, 7) is 2.18. The maximum atomic E-state index is 10.0. The Morgan fingerprint density at radius 3 is 1.76 bits per heavy atom. The van der Waals surface area contributed by atoms with Crippen molar-refractivity contribution in [3.8, 4) is 0 Å². The van der Waals surface area contributed by atoms with Crippen molar-refractivity contribution in [3.63, 3.8) is 0 Å². The van der Waals surface area contributed by atoms with Gasteiger partial charge in [-0.15, -0.1) is 0 Å². The van der Waals surface area contributed by atoms with Crippen molar-refractivity contribution in [2.24, 2.45) is 0 Å². The molecule has 0 amide bonds. The lowest BCUT2D eigenvalue weighted by molar-refractivity contribution is -0.104. The fourth-order valence-electron chi connectivity index (χ4n) is 1.84. The first-order valence-electron chi connectivity index (χ1n) is 7.17. The summed E-state index contributed by atoms with van der Waals surface area (Å²) < 4.78 is 0. The summed E-state index contributed by atoms with van der Waals surface area (Å²) in [4.78, 5) is 10.0. The Hall–Kier alpha value is -0.850. The predicted molar refractivity (Wildman–Crippen MR) is 76.2 cm³/mol. The van der Waals surface area contributed by atoms with E-state index in [0.717, 1.165) is 12.7 Å². The molecule has 0 bridgehead atoms. The summed E-state index contributed by atoms with van der Waals surface area (Å²) >= 11 is 0. The van der Waals surface area contributed by atoms with Gasteiger partial charge in [-0.1, -0.05) is 57.3 Å². The number of allylic oxidation sites excluding steroid dienone is 4. The molecule has 0 saturated heterocycles. The van der Waals surface area contributed by atoms with Gasteiger partial charge in [-0.2, -0.15) is 0 Å². The summed E-state index contributed by atoms with van der Waals surface area (Å²) in [5.74, 6) is 0. The topological polar surface area (TPSA) is 17.1 Å². The highest BCUT2D eigenvalue weighted by molar-refractivity contribution is 5.64. The number of aldehydes is 1. The molecule has 0 unspecified atom stereocenters. The van der Waals surface area contributed by atoms with Crippen molar-refractivity contribution in [2.45, 2.75) is 71.1 Å². The number of carbonyl (C=O) groups is 1. The molecule has 0 heterocycles. The number of hydrogen-bond acceptors (Lipinski definition) is 1. The molecule has 0 radical (unpaired) electrons. The van der Waals surface area contributed by atoms with Crippen molar-refractivity contribution in [1.29, 1.82) is 0 Å². The summed E-state index contributed by atoms with van der Waals surface area (Å²) in [6, 6.07) is 0. The molecule has 0 atom stereocenters. The van der Waals surface area contributed by atoms with Crippen LogP contribution in [0.2, 0.25) is 0 Å². The van der Waals surface area contributed by atoms with Gasteiger partial charge in [-0.05, 0) is 38.2 Å². The van der Waals surface area contributed by atoms with Crippen molar-refractivity contribution >= 4 is 6.29 Å². The second-order valence-electron chi connectivity index (χ2n) is 4.50. The molecule has 1 nitrogen and oxygen atoms in total. The molecule has 1 heteroatoms. The van der Waals surface area contributed by atoms with Gasteiger partial charge < -0.3 is 0 Å². The quantitative estimate of drug-likeness (QED) is 0.196. The third-order valence-corrected chi connectivity index (χ3v) is 2.86. The molecular formula is C16H28O. The van der Waals surface area contributed by atoms with Crippen LogP contribution in [-0.2, 0) is 4.79 Å². The maximum Gasteiger partial charge on any atom is 0.142 e. The third kappa shape index (κ3) is 15.1. The molecule has 0 aliphatic carbocycles. The van der Waals surface area contributed by atoms with Gasteiger partial charge in [0, 0.05) is 0 Å². The minimum Gasteiger partial charge on any atom is -0.299 e. The Balaban J connectivity index is 3.01. The Morgan fingerprint density at radius 2 is 1.24 bits per heavy atom. The van der Waals surface area contributed by atoms with Gasteiger partial charge in [0.25, 0.3) is 0 Å². The van der Waals surface area contributed by atoms with E-state index in [9.17, 15) is 4.79 Å². The van der Waals surface area contributed by atoms with Crippen LogP contribution >= 0.6 is 0 Å². The van der Waals surface area contributed by atoms with E-state index in [2.05, 4.69) is 19.1 Å². The molecule has 0 aromatic carbocycles. The zero-order valence-corrected chi connectivity index (χ0v) is 11.4. The van der Waals surface area contributed by atoms with E-state index >= 15 is 0 Å². The first-order chi connectivity index (χ1) is 8.41. The van der Waals surface area contributed by atoms with Crippen LogP contribution in [0.25, 0.3) is 0 Å². The molecule has 0 aromatic heterocycles. The third-order valence-electron chi connectivity index (χ3n) is 2.86. The van der Waals surface area contributed by atoms with Gasteiger partial charge in [-0.3, -0.25) is 4.79 Å². The van der Waals surface area contributed by atoms with Crippen LogP contribution in [0.4, 0.5) is 0 Å². The van der Waals surface area contributed by atoms with Crippen LogP contribution in [0.5, 0.6) is 0 Å². The van der Waals surface area contributed by atoms with E-state index in [0.29, 0.717) is 0 Å². The van der Waals surface area contributed by atoms with Crippen LogP contribution in [0.1, 0.15) is 71.1 Å². The molecule has 0 aromatic rings. The van der Waals surface area contributed by atoms with E-state index < -0.39 is 0 Å². The number of hydrogen-bond donors (Lipinski definition) is 0. The van der Waals surface area contributed by atoms with Gasteiger partial charge in [-0.25, -0.2) is 0 Å². The predicted octanol–water partition coefficient (Wildman–Crippen LogP) is 5.22. The van der Waals surface area contributed by atoms with Gasteiger partial charge in [0.15, 0.2) is 0 Å². The lowest BCUT2D eigenvalue weighted by Gasteiger charge is -1.99. The minimum atomic E-state index is 0.854. The minimum absolute atomic E-state index is 0.854. The normalized spacial score (nSPS) is 11.6. The van der Waals surface area contributed by atoms with Crippen molar-refractivity contribution in [2.75, 3.05) is 0 Å². The zero-order chi connectivity index (χ0) is 12.6. The number of rotatable bonds is 12. The summed E-state index contributed by atoms with van der Waals surface area (Å²) in [5, 5.41) is 0. The first kappa shape index (κ1) is 16.1. The van der Waals surface area contributed by atoms with E-state index in [4.69, 9.17) is 0 Å². The highest BCUT2D eigenvalue weighted by atomic mass is 16.1. The van der Waals surface area contributed by atoms with Gasteiger partial charge >= 0.3 is 0 Å². The molecule has 0 spiro atoms. The molecule has 0 aliphatic heterocycles. The maximum absolute atomic E-state index is 10.0. The van der Waals surface area contributed by atoms with Crippen LogP contribution in [0, 0.1) is 0 Å². The highest BCUT2D eigenvalue weighted by Gasteiger charge is 1.90. The lowest BCUT2D eigenvalue weighted by atomic mass is 10.1. The van der Waals surface area contributed by atoms with Crippen LogP contribution in [-0.4, -0.2) is 6.29 Å². The second-order valence-corrected chi connectivity index (χ2v) is 4.50. The lowest BCUT2D eigenvalue weighted by Crippen LogP contribution is -1.80. The Bertz CT molecular complexity index is 204. The van der Waals surface area contributed by atoms with Crippen molar-refractivity contribution < 1.29 is 4.79 Å². The molecule has 98 valence electrons. The fraction of sp³-hybridized carbons (Fsp3) is 0.688. The highest BCUT2D eigenvalue weighted by Crippen LogP contribution is 2.10. The van der Waals surface area contributed by atoms with Gasteiger partial charge in [0.2, 0.25) is 0 Å². The molecular weight excluding hydrogens is 208 g/mol. The SMILES string of the molecule is CCC=CCCCCCCCCCC=CC=O. The molecule has 0 aliphatic rings. The molecule has 0 rings (SSSR count). The van der Waals surface area contributed by atoms with Crippen LogP contribution in [0.3, 0.4) is 0 Å². The molecule has 0 N–H and O–H groups in total. The molecule has 17 heavy (non-hydrogen) atoms. The smallest absolute Gasteiger partial charge is 0.142 e. The second kappa shape index (κ2) is 15.1. The molecule has 0 saturated carbocycles. The average molecular weight is 236 g/mol. The van der Waals surface area contributed by atoms with E-state index in [-0.39, 0.29) is 0 Å². The summed E-state index contributed by atoms with van der Waals surface area (Å²) in [5.41, 5.74) is 0. The number of carbonyl (C=O) groups excluding carboxylic acids is 1. The monoisotopic (exact) mass is 236 g/mol. The largest absolute Gasteiger partial charge is 0.299 e. The number of unbranched alkanes of at least 4 members (excludes halogenated alkanes) is 8. The average Bonchev–Trinajstić information content (AvgIpc) is 2.35. The zero-order valence-electron chi connectivity index (χ0n) is 11.4. The summed E-state index contributed by atoms with van der Waals surface area (Å²) in [7, 11) is 0. The summed E-state index contributed by atoms with van der Waals surface area (Å²) in [6.07, 6.45) is 21.8. The van der Waals surface area contributed by atoms with Crippen LogP contribution < -0.4 is 0 Å². The Morgan fingerprint density at radius 1 is 0.706 bits per heavy atom. The van der Waals surface area contributed by atoms with Gasteiger partial charge in [0.05, 0.1) is 0 Å².